The van der Waals surface area contributed by atoms with E-state index in [1.54, 1.807) is 0 Å². The van der Waals surface area contributed by atoms with E-state index in [2.05, 4.69) is 10.0 Å². The van der Waals surface area contributed by atoms with Crippen molar-refractivity contribution in [1.82, 2.24) is 0 Å². The molecule has 1 aliphatic rings. The van der Waals surface area contributed by atoms with Crippen molar-refractivity contribution < 1.29 is 18.5 Å². The van der Waals surface area contributed by atoms with Gasteiger partial charge in [-0.15, -0.1) is 0 Å². The quantitative estimate of drug-likeness (QED) is 0.280. The van der Waals surface area contributed by atoms with E-state index in [1.807, 2.05) is 0 Å². The SMILES string of the molecule is [N-]=[N+]=NCC1CC(=O)N(c2cc(F)c(F)cc2[N+](=O)[O-])C1. The maximum absolute atomic E-state index is 13.3. The first kappa shape index (κ1) is 14.7. The Labute approximate surface area is 116 Å². The van der Waals surface area contributed by atoms with Gasteiger partial charge in [0.2, 0.25) is 5.91 Å². The molecule has 8 nitrogen and oxygen atoms in total. The molecule has 0 saturated carbocycles. The van der Waals surface area contributed by atoms with Crippen molar-refractivity contribution in [3.63, 3.8) is 0 Å². The lowest BCUT2D eigenvalue weighted by atomic mass is 10.1. The van der Waals surface area contributed by atoms with Crippen LogP contribution >= 0.6 is 0 Å². The van der Waals surface area contributed by atoms with Gasteiger partial charge in [-0.2, -0.15) is 0 Å². The molecule has 1 aromatic rings. The Hall–Kier alpha value is -2.74. The summed E-state index contributed by atoms with van der Waals surface area (Å²) in [6.45, 7) is 0.0972. The molecule has 0 spiro atoms. The second kappa shape index (κ2) is 5.71. The van der Waals surface area contributed by atoms with Crippen LogP contribution in [0.2, 0.25) is 0 Å². The molecule has 0 aromatic heterocycles. The van der Waals surface area contributed by atoms with Gasteiger partial charge >= 0.3 is 0 Å². The minimum Gasteiger partial charge on any atom is -0.306 e. The second-order valence-electron chi connectivity index (χ2n) is 4.50. The molecule has 1 atom stereocenters. The van der Waals surface area contributed by atoms with E-state index in [0.717, 1.165) is 4.90 Å². The van der Waals surface area contributed by atoms with Crippen LogP contribution in [0.15, 0.2) is 17.2 Å². The Kier molecular flexibility index (Phi) is 3.99. The molecule has 1 fully saturated rings. The molecule has 10 heteroatoms. The van der Waals surface area contributed by atoms with E-state index in [4.69, 9.17) is 5.53 Å². The number of carbonyl (C=O) groups is 1. The van der Waals surface area contributed by atoms with Crippen molar-refractivity contribution in [1.29, 1.82) is 0 Å². The summed E-state index contributed by atoms with van der Waals surface area (Å²) in [4.78, 5) is 25.5. The molecule has 110 valence electrons. The number of amides is 1. The predicted molar refractivity (Wildman–Crippen MR) is 67.5 cm³/mol. The molecule has 0 N–H and O–H groups in total. The van der Waals surface area contributed by atoms with Crippen molar-refractivity contribution in [2.45, 2.75) is 6.42 Å². The maximum atomic E-state index is 13.3. The molecular formula is C11H9F2N5O3. The minimum atomic E-state index is -1.36. The molecule has 1 aliphatic heterocycles. The van der Waals surface area contributed by atoms with Crippen molar-refractivity contribution >= 4 is 17.3 Å². The zero-order valence-electron chi connectivity index (χ0n) is 10.6. The van der Waals surface area contributed by atoms with E-state index >= 15 is 0 Å². The lowest BCUT2D eigenvalue weighted by Crippen LogP contribution is -2.26. The van der Waals surface area contributed by atoms with Crippen molar-refractivity contribution in [2.75, 3.05) is 18.0 Å². The average molecular weight is 297 g/mol. The van der Waals surface area contributed by atoms with Gasteiger partial charge in [-0.1, -0.05) is 5.11 Å². The lowest BCUT2D eigenvalue weighted by molar-refractivity contribution is -0.384. The normalized spacial score (nSPS) is 17.7. The van der Waals surface area contributed by atoms with Gasteiger partial charge in [0.15, 0.2) is 11.6 Å². The standard InChI is InChI=1S/C11H9F2N5O3/c12-7-2-9(10(18(20)21)3-8(7)13)17-5-6(1-11(17)19)4-15-16-14/h2-3,6H,1,4-5H2. The first-order valence-corrected chi connectivity index (χ1v) is 5.88. The molecular weight excluding hydrogens is 288 g/mol. The highest BCUT2D eigenvalue weighted by atomic mass is 19.2. The summed E-state index contributed by atoms with van der Waals surface area (Å²) in [5, 5.41) is 14.3. The molecule has 1 unspecified atom stereocenters. The number of hydrogen-bond donors (Lipinski definition) is 0. The number of nitrogens with zero attached hydrogens (tertiary/aromatic N) is 5. The number of rotatable bonds is 4. The Bertz CT molecular complexity index is 660. The van der Waals surface area contributed by atoms with Gasteiger partial charge in [0.05, 0.1) is 11.0 Å². The molecule has 1 heterocycles. The Morgan fingerprint density at radius 3 is 2.76 bits per heavy atom. The highest BCUT2D eigenvalue weighted by Gasteiger charge is 2.34. The summed E-state index contributed by atoms with van der Waals surface area (Å²) in [7, 11) is 0. The summed E-state index contributed by atoms with van der Waals surface area (Å²) in [6.07, 6.45) is 0.0230. The molecule has 1 aromatic carbocycles. The largest absolute Gasteiger partial charge is 0.306 e. The topological polar surface area (TPSA) is 112 Å². The third kappa shape index (κ3) is 2.90. The summed E-state index contributed by atoms with van der Waals surface area (Å²) in [5.41, 5.74) is 7.25. The first-order valence-electron chi connectivity index (χ1n) is 5.88. The molecule has 1 amide bonds. The fraction of sp³-hybridized carbons (Fsp3) is 0.364. The fourth-order valence-electron chi connectivity index (χ4n) is 2.18. The zero-order chi connectivity index (χ0) is 15.6. The van der Waals surface area contributed by atoms with E-state index in [-0.39, 0.29) is 31.1 Å². The Balaban J connectivity index is 2.37. The van der Waals surface area contributed by atoms with Crippen LogP contribution in [0.1, 0.15) is 6.42 Å². The predicted octanol–water partition coefficient (Wildman–Crippen LogP) is 2.54. The van der Waals surface area contributed by atoms with Crippen LogP contribution in [0.3, 0.4) is 0 Å². The molecule has 1 saturated heterocycles. The van der Waals surface area contributed by atoms with E-state index < -0.39 is 28.2 Å². The highest BCUT2D eigenvalue weighted by Crippen LogP contribution is 2.34. The van der Waals surface area contributed by atoms with Crippen LogP contribution in [0.4, 0.5) is 20.2 Å². The Morgan fingerprint density at radius 2 is 2.14 bits per heavy atom. The number of nitro groups is 1. The third-order valence-electron chi connectivity index (χ3n) is 3.11. The van der Waals surface area contributed by atoms with Crippen LogP contribution in [0.5, 0.6) is 0 Å². The molecule has 0 radical (unpaired) electrons. The van der Waals surface area contributed by atoms with Crippen LogP contribution < -0.4 is 4.90 Å². The average Bonchev–Trinajstić information content (AvgIpc) is 2.80. The number of hydrogen-bond acceptors (Lipinski definition) is 4. The zero-order valence-corrected chi connectivity index (χ0v) is 10.6. The maximum Gasteiger partial charge on any atom is 0.296 e. The summed E-state index contributed by atoms with van der Waals surface area (Å²) in [6, 6.07) is 1.07. The monoisotopic (exact) mass is 297 g/mol. The fourth-order valence-corrected chi connectivity index (χ4v) is 2.18. The number of azide groups is 1. The number of carbonyl (C=O) groups excluding carboxylic acids is 1. The first-order chi connectivity index (χ1) is 9.93. The summed E-state index contributed by atoms with van der Waals surface area (Å²) >= 11 is 0. The molecule has 21 heavy (non-hydrogen) atoms. The van der Waals surface area contributed by atoms with Gasteiger partial charge in [0.1, 0.15) is 5.69 Å². The molecule has 2 rings (SSSR count). The van der Waals surface area contributed by atoms with Crippen LogP contribution in [0, 0.1) is 27.7 Å². The van der Waals surface area contributed by atoms with Crippen molar-refractivity contribution in [2.24, 2.45) is 11.0 Å². The molecule has 0 aliphatic carbocycles. The van der Waals surface area contributed by atoms with Crippen molar-refractivity contribution in [3.8, 4) is 0 Å². The van der Waals surface area contributed by atoms with Crippen LogP contribution in [-0.2, 0) is 4.79 Å². The van der Waals surface area contributed by atoms with Gasteiger partial charge in [-0.25, -0.2) is 8.78 Å². The van der Waals surface area contributed by atoms with Gasteiger partial charge in [-0.3, -0.25) is 14.9 Å². The van der Waals surface area contributed by atoms with Crippen molar-refractivity contribution in [3.05, 3.63) is 44.3 Å². The minimum absolute atomic E-state index is 0.0230. The summed E-state index contributed by atoms with van der Waals surface area (Å²) < 4.78 is 26.4. The second-order valence-corrected chi connectivity index (χ2v) is 4.50. The molecule has 0 bridgehead atoms. The number of benzene rings is 1. The Morgan fingerprint density at radius 1 is 1.48 bits per heavy atom. The smallest absolute Gasteiger partial charge is 0.296 e. The lowest BCUT2D eigenvalue weighted by Gasteiger charge is -2.16. The number of nitro benzene ring substituents is 1. The van der Waals surface area contributed by atoms with Crippen LogP contribution in [-0.4, -0.2) is 23.9 Å². The van der Waals surface area contributed by atoms with Gasteiger partial charge in [0, 0.05) is 30.5 Å². The number of halogens is 2. The highest BCUT2D eigenvalue weighted by molar-refractivity contribution is 5.97. The van der Waals surface area contributed by atoms with E-state index in [1.165, 1.54) is 0 Å². The van der Waals surface area contributed by atoms with E-state index in [0.29, 0.717) is 12.1 Å². The third-order valence-corrected chi connectivity index (χ3v) is 3.11. The van der Waals surface area contributed by atoms with Crippen LogP contribution in [0.25, 0.3) is 10.4 Å². The summed E-state index contributed by atoms with van der Waals surface area (Å²) in [5.74, 6) is -3.42. The van der Waals surface area contributed by atoms with Gasteiger partial charge in [-0.05, 0) is 11.4 Å². The van der Waals surface area contributed by atoms with Gasteiger partial charge < -0.3 is 4.90 Å². The number of anilines is 1. The van der Waals surface area contributed by atoms with Gasteiger partial charge in [0.25, 0.3) is 5.69 Å². The van der Waals surface area contributed by atoms with E-state index in [9.17, 15) is 23.7 Å².